The monoisotopic (exact) mass is 206 g/mol. The maximum absolute atomic E-state index is 11.0. The summed E-state index contributed by atoms with van der Waals surface area (Å²) in [7, 11) is -2.60. The molecular formula is C8H14O4S. The molecule has 0 aliphatic rings. The second-order valence-corrected chi connectivity index (χ2v) is 4.60. The second kappa shape index (κ2) is 5.14. The summed E-state index contributed by atoms with van der Waals surface area (Å²) in [5, 5.41) is 0. The Hall–Kier alpha value is -0.680. The van der Waals surface area contributed by atoms with Gasteiger partial charge < -0.3 is 0 Å². The summed E-state index contributed by atoms with van der Waals surface area (Å²) in [4.78, 5) is 11.0. The van der Waals surface area contributed by atoms with E-state index < -0.39 is 15.9 Å². The highest BCUT2D eigenvalue weighted by molar-refractivity contribution is 7.87. The van der Waals surface area contributed by atoms with Gasteiger partial charge in [-0.1, -0.05) is 5.57 Å². The summed E-state index contributed by atoms with van der Waals surface area (Å²) < 4.78 is 25.7. The normalized spacial score (nSPS) is 11.2. The lowest BCUT2D eigenvalue weighted by atomic mass is 10.1. The molecule has 5 heteroatoms. The average molecular weight is 206 g/mol. The van der Waals surface area contributed by atoms with Crippen molar-refractivity contribution in [1.29, 1.82) is 0 Å². The van der Waals surface area contributed by atoms with Crippen LogP contribution in [0.5, 0.6) is 0 Å². The Balaban J connectivity index is 3.96. The quantitative estimate of drug-likeness (QED) is 0.478. The zero-order valence-electron chi connectivity index (χ0n) is 7.87. The minimum atomic E-state index is -3.65. The van der Waals surface area contributed by atoms with Crippen molar-refractivity contribution >= 4 is 15.9 Å². The van der Waals surface area contributed by atoms with Gasteiger partial charge in [0, 0.05) is 6.42 Å². The number of Topliss-reactive ketones (excluding diaryl/α,β-unsaturated/α-hetero) is 1. The van der Waals surface area contributed by atoms with E-state index in [1.165, 1.54) is 0 Å². The number of hydrogen-bond donors (Lipinski definition) is 0. The number of carbonyl (C=O) groups excluding carboxylic acids is 1. The lowest BCUT2D eigenvalue weighted by Gasteiger charge is -2.00. The lowest BCUT2D eigenvalue weighted by Crippen LogP contribution is -2.16. The zero-order valence-corrected chi connectivity index (χ0v) is 8.69. The molecule has 0 aromatic carbocycles. The average Bonchev–Trinajstić information content (AvgIpc) is 2.00. The highest BCUT2D eigenvalue weighted by Gasteiger charge is 2.14. The first-order valence-electron chi connectivity index (χ1n) is 3.82. The Morgan fingerprint density at radius 2 is 1.92 bits per heavy atom. The van der Waals surface area contributed by atoms with Crippen LogP contribution >= 0.6 is 0 Å². The minimum Gasteiger partial charge on any atom is -0.298 e. The zero-order chi connectivity index (χ0) is 10.5. The molecule has 13 heavy (non-hydrogen) atoms. The molecule has 0 unspecified atom stereocenters. The van der Waals surface area contributed by atoms with Gasteiger partial charge in [-0.05, 0) is 13.3 Å². The summed E-state index contributed by atoms with van der Waals surface area (Å²) in [5.41, 5.74) is 0.864. The molecule has 0 aromatic rings. The van der Waals surface area contributed by atoms with Gasteiger partial charge in [-0.2, -0.15) is 8.42 Å². The number of carbonyl (C=O) groups is 1. The molecule has 0 amide bonds. The Morgan fingerprint density at radius 3 is 2.31 bits per heavy atom. The Bertz CT molecular complexity index is 289. The number of ketones is 1. The molecule has 0 atom stereocenters. The highest BCUT2D eigenvalue weighted by Crippen LogP contribution is 2.03. The van der Waals surface area contributed by atoms with Crippen LogP contribution in [0, 0.1) is 0 Å². The lowest BCUT2D eigenvalue weighted by molar-refractivity contribution is -0.116. The van der Waals surface area contributed by atoms with Gasteiger partial charge >= 0.3 is 0 Å². The van der Waals surface area contributed by atoms with Crippen LogP contribution < -0.4 is 0 Å². The van der Waals surface area contributed by atoms with Crippen molar-refractivity contribution in [1.82, 2.24) is 0 Å². The summed E-state index contributed by atoms with van der Waals surface area (Å²) in [6.45, 7) is 5.40. The van der Waals surface area contributed by atoms with Crippen LogP contribution in [0.2, 0.25) is 0 Å². The molecule has 0 bridgehead atoms. The van der Waals surface area contributed by atoms with Crippen molar-refractivity contribution in [2.45, 2.75) is 19.8 Å². The maximum Gasteiger partial charge on any atom is 0.274 e. The molecule has 0 aromatic heterocycles. The van der Waals surface area contributed by atoms with Crippen LogP contribution in [0.4, 0.5) is 0 Å². The summed E-state index contributed by atoms with van der Waals surface area (Å²) >= 11 is 0. The van der Waals surface area contributed by atoms with Gasteiger partial charge in [-0.25, -0.2) is 0 Å². The van der Waals surface area contributed by atoms with Crippen molar-refractivity contribution < 1.29 is 17.4 Å². The van der Waals surface area contributed by atoms with Gasteiger partial charge in [0.15, 0.2) is 5.78 Å². The molecule has 0 spiro atoms. The van der Waals surface area contributed by atoms with E-state index in [1.54, 1.807) is 6.92 Å². The Morgan fingerprint density at radius 1 is 1.38 bits per heavy atom. The van der Waals surface area contributed by atoms with Crippen LogP contribution in [0.3, 0.4) is 0 Å². The molecule has 0 aliphatic heterocycles. The first kappa shape index (κ1) is 12.3. The number of allylic oxidation sites excluding steroid dienone is 1. The molecule has 0 saturated carbocycles. The van der Waals surface area contributed by atoms with Crippen molar-refractivity contribution in [3.63, 3.8) is 0 Å². The molecule has 0 radical (unpaired) electrons. The second-order valence-electron chi connectivity index (χ2n) is 2.86. The van der Waals surface area contributed by atoms with Gasteiger partial charge in [0.2, 0.25) is 0 Å². The molecule has 0 aliphatic carbocycles. The fraction of sp³-hybridized carbons (Fsp3) is 0.625. The molecule has 0 heterocycles. The summed E-state index contributed by atoms with van der Waals surface area (Å²) in [5.74, 6) is -0.888. The largest absolute Gasteiger partial charge is 0.298 e. The van der Waals surface area contributed by atoms with Crippen molar-refractivity contribution in [3.05, 3.63) is 12.2 Å². The first-order valence-corrected chi connectivity index (χ1v) is 5.39. The van der Waals surface area contributed by atoms with Crippen LogP contribution in [-0.2, 0) is 19.1 Å². The van der Waals surface area contributed by atoms with E-state index in [-0.39, 0.29) is 12.2 Å². The van der Waals surface area contributed by atoms with E-state index in [0.29, 0.717) is 6.42 Å². The van der Waals surface area contributed by atoms with Crippen LogP contribution in [0.25, 0.3) is 0 Å². The maximum atomic E-state index is 11.0. The third kappa shape index (κ3) is 6.48. The van der Waals surface area contributed by atoms with Gasteiger partial charge in [-0.3, -0.25) is 8.98 Å². The smallest absolute Gasteiger partial charge is 0.274 e. The predicted molar refractivity (Wildman–Crippen MR) is 49.9 cm³/mol. The molecule has 76 valence electrons. The topological polar surface area (TPSA) is 60.4 Å². The van der Waals surface area contributed by atoms with Gasteiger partial charge in [0.05, 0.1) is 7.11 Å². The molecular weight excluding hydrogens is 192 g/mol. The van der Waals surface area contributed by atoms with Crippen molar-refractivity contribution in [2.24, 2.45) is 0 Å². The Labute approximate surface area is 78.7 Å². The minimum absolute atomic E-state index is 0.206. The number of hydrogen-bond acceptors (Lipinski definition) is 4. The predicted octanol–water partition coefficient (Wildman–Crippen LogP) is 0.888. The van der Waals surface area contributed by atoms with Gasteiger partial charge in [0.25, 0.3) is 10.1 Å². The van der Waals surface area contributed by atoms with Crippen LogP contribution in [0.15, 0.2) is 12.2 Å². The van der Waals surface area contributed by atoms with E-state index in [0.717, 1.165) is 12.7 Å². The third-order valence-electron chi connectivity index (χ3n) is 1.42. The molecule has 0 saturated heterocycles. The fourth-order valence-electron chi connectivity index (χ4n) is 0.681. The van der Waals surface area contributed by atoms with E-state index in [2.05, 4.69) is 10.8 Å². The highest BCUT2D eigenvalue weighted by atomic mass is 32.2. The Kier molecular flexibility index (Phi) is 4.87. The van der Waals surface area contributed by atoms with E-state index in [4.69, 9.17) is 0 Å². The first-order chi connectivity index (χ1) is 5.87. The molecule has 0 fully saturated rings. The van der Waals surface area contributed by atoms with Gasteiger partial charge in [-0.15, -0.1) is 6.58 Å². The molecule has 4 nitrogen and oxygen atoms in total. The van der Waals surface area contributed by atoms with Crippen molar-refractivity contribution in [2.75, 3.05) is 12.9 Å². The molecule has 0 rings (SSSR count). The van der Waals surface area contributed by atoms with E-state index in [1.807, 2.05) is 0 Å². The van der Waals surface area contributed by atoms with Crippen LogP contribution in [-0.4, -0.2) is 27.1 Å². The SMILES string of the molecule is C=C(C)CCC(=O)CS(=O)(=O)OC. The van der Waals surface area contributed by atoms with Gasteiger partial charge in [0.1, 0.15) is 5.75 Å². The fourth-order valence-corrected chi connectivity index (χ4v) is 1.34. The van der Waals surface area contributed by atoms with E-state index >= 15 is 0 Å². The molecule has 0 N–H and O–H groups in total. The summed E-state index contributed by atoms with van der Waals surface area (Å²) in [6.07, 6.45) is 0.732. The van der Waals surface area contributed by atoms with E-state index in [9.17, 15) is 13.2 Å². The standard InChI is InChI=1S/C8H14O4S/c1-7(2)4-5-8(9)6-13(10,11)12-3/h1,4-6H2,2-3H3. The third-order valence-corrected chi connectivity index (χ3v) is 2.61. The van der Waals surface area contributed by atoms with Crippen LogP contribution in [0.1, 0.15) is 19.8 Å². The summed E-state index contributed by atoms with van der Waals surface area (Å²) in [6, 6.07) is 0. The van der Waals surface area contributed by atoms with Crippen molar-refractivity contribution in [3.8, 4) is 0 Å². The number of rotatable bonds is 6.